The van der Waals surface area contributed by atoms with E-state index in [1.165, 1.54) is 0 Å². The van der Waals surface area contributed by atoms with Gasteiger partial charge in [-0.05, 0) is 52.4 Å². The number of nitrogens with one attached hydrogen (secondary N) is 1. The summed E-state index contributed by atoms with van der Waals surface area (Å²) in [7, 11) is -3.13. The predicted octanol–water partition coefficient (Wildman–Crippen LogP) is 3.54. The third-order valence-electron chi connectivity index (χ3n) is 4.08. The lowest BCUT2D eigenvalue weighted by atomic mass is 9.70. The first-order valence-corrected chi connectivity index (χ1v) is 8.87. The molecule has 0 bridgehead atoms. The van der Waals surface area contributed by atoms with Crippen molar-refractivity contribution in [2.24, 2.45) is 11.8 Å². The van der Waals surface area contributed by atoms with E-state index in [1.54, 1.807) is 0 Å². The number of hydrogen-bond acceptors (Lipinski definition) is 4. The van der Waals surface area contributed by atoms with E-state index in [2.05, 4.69) is 31.3 Å². The zero-order valence-corrected chi connectivity index (χ0v) is 13.3. The van der Waals surface area contributed by atoms with E-state index in [-0.39, 0.29) is 6.04 Å². The number of rotatable bonds is 7. The Bertz CT molecular complexity index is 386. The molecule has 110 valence electrons. The molecule has 0 aromatic rings. The van der Waals surface area contributed by atoms with E-state index in [4.69, 9.17) is 9.05 Å². The molecule has 0 unspecified atom stereocenters. The maximum absolute atomic E-state index is 13.3. The van der Waals surface area contributed by atoms with Gasteiger partial charge < -0.3 is 9.05 Å². The molecular formula is C14H26NO3P. The topological polar surface area (TPSA) is 47.6 Å². The maximum atomic E-state index is 13.3. The minimum absolute atomic E-state index is 0.260. The quantitative estimate of drug-likeness (QED) is 0.574. The molecule has 0 heterocycles. The van der Waals surface area contributed by atoms with E-state index in [0.29, 0.717) is 25.0 Å². The molecule has 0 aromatic heterocycles. The van der Waals surface area contributed by atoms with Crippen LogP contribution in [0.5, 0.6) is 0 Å². The molecule has 1 fully saturated rings. The van der Waals surface area contributed by atoms with Gasteiger partial charge in [0.05, 0.1) is 13.2 Å². The van der Waals surface area contributed by atoms with Gasteiger partial charge in [0, 0.05) is 6.04 Å². The Hall–Kier alpha value is -0.150. The van der Waals surface area contributed by atoms with Crippen molar-refractivity contribution in [1.82, 2.24) is 5.32 Å². The minimum Gasteiger partial charge on any atom is -0.308 e. The number of hydrogen-bond donors (Lipinski definition) is 1. The summed E-state index contributed by atoms with van der Waals surface area (Å²) in [5.41, 5.74) is 0. The van der Waals surface area contributed by atoms with Gasteiger partial charge >= 0.3 is 7.60 Å². The van der Waals surface area contributed by atoms with Crippen LogP contribution >= 0.6 is 7.60 Å². The molecule has 2 aliphatic carbocycles. The number of fused-ring (bicyclic) bond motifs is 1. The molecule has 3 atom stereocenters. The van der Waals surface area contributed by atoms with Gasteiger partial charge in [0.1, 0.15) is 5.28 Å². The second kappa shape index (κ2) is 5.69. The first kappa shape index (κ1) is 15.2. The lowest BCUT2D eigenvalue weighted by Gasteiger charge is -2.55. The van der Waals surface area contributed by atoms with Crippen LogP contribution in [0.4, 0.5) is 0 Å². The Kier molecular flexibility index (Phi) is 4.56. The molecule has 19 heavy (non-hydrogen) atoms. The molecule has 0 saturated heterocycles. The van der Waals surface area contributed by atoms with Crippen LogP contribution in [0, 0.1) is 11.8 Å². The molecule has 0 amide bonds. The van der Waals surface area contributed by atoms with Gasteiger partial charge in [0.25, 0.3) is 0 Å². The van der Waals surface area contributed by atoms with Crippen molar-refractivity contribution < 1.29 is 13.6 Å². The van der Waals surface area contributed by atoms with Gasteiger partial charge in [-0.25, -0.2) is 0 Å². The summed E-state index contributed by atoms with van der Waals surface area (Å²) < 4.78 is 24.5. The van der Waals surface area contributed by atoms with Crippen LogP contribution in [0.2, 0.25) is 0 Å². The summed E-state index contributed by atoms with van der Waals surface area (Å²) in [6.07, 6.45) is 6.26. The summed E-state index contributed by atoms with van der Waals surface area (Å²) >= 11 is 0. The van der Waals surface area contributed by atoms with Crippen molar-refractivity contribution >= 4 is 7.60 Å². The van der Waals surface area contributed by atoms with Gasteiger partial charge in [-0.1, -0.05) is 12.2 Å². The first-order chi connectivity index (χ1) is 8.99. The molecule has 0 aliphatic heterocycles. The highest BCUT2D eigenvalue weighted by atomic mass is 31.2. The van der Waals surface area contributed by atoms with Crippen molar-refractivity contribution in [3.63, 3.8) is 0 Å². The monoisotopic (exact) mass is 287 g/mol. The van der Waals surface area contributed by atoms with Crippen molar-refractivity contribution in [3.05, 3.63) is 12.2 Å². The molecule has 0 aromatic carbocycles. The van der Waals surface area contributed by atoms with Crippen LogP contribution in [0.1, 0.15) is 40.5 Å². The van der Waals surface area contributed by atoms with Crippen LogP contribution in [-0.4, -0.2) is 24.5 Å². The first-order valence-electron chi connectivity index (χ1n) is 7.32. The molecule has 2 rings (SSSR count). The van der Waals surface area contributed by atoms with E-state index < -0.39 is 12.9 Å². The minimum atomic E-state index is -3.13. The second-order valence-corrected chi connectivity index (χ2v) is 8.00. The van der Waals surface area contributed by atoms with Crippen LogP contribution in [0.3, 0.4) is 0 Å². The Morgan fingerprint density at radius 3 is 2.47 bits per heavy atom. The summed E-state index contributed by atoms with van der Waals surface area (Å²) in [6, 6.07) is 0.260. The fraction of sp³-hybridized carbons (Fsp3) is 0.857. The average Bonchev–Trinajstić information content (AvgIpc) is 2.68. The van der Waals surface area contributed by atoms with Crippen molar-refractivity contribution in [1.29, 1.82) is 0 Å². The van der Waals surface area contributed by atoms with Gasteiger partial charge in [-0.2, -0.15) is 0 Å². The Balaban J connectivity index is 2.29. The Morgan fingerprint density at radius 1 is 1.37 bits per heavy atom. The molecule has 4 nitrogen and oxygen atoms in total. The highest BCUT2D eigenvalue weighted by molar-refractivity contribution is 7.55. The van der Waals surface area contributed by atoms with Gasteiger partial charge in [-0.15, -0.1) is 0 Å². The van der Waals surface area contributed by atoms with Crippen LogP contribution in [0.15, 0.2) is 12.2 Å². The summed E-state index contributed by atoms with van der Waals surface area (Å²) in [6.45, 7) is 8.75. The third-order valence-corrected chi connectivity index (χ3v) is 6.89. The highest BCUT2D eigenvalue weighted by Crippen LogP contribution is 2.72. The third kappa shape index (κ3) is 2.44. The molecule has 1 N–H and O–H groups in total. The average molecular weight is 287 g/mol. The smallest absolute Gasteiger partial charge is 0.308 e. The van der Waals surface area contributed by atoms with Gasteiger partial charge in [0.2, 0.25) is 0 Å². The molecule has 5 heteroatoms. The van der Waals surface area contributed by atoms with E-state index in [9.17, 15) is 4.57 Å². The molecule has 0 spiro atoms. The van der Waals surface area contributed by atoms with Crippen molar-refractivity contribution in [2.75, 3.05) is 13.2 Å². The second-order valence-electron chi connectivity index (χ2n) is 5.69. The predicted molar refractivity (Wildman–Crippen MR) is 77.2 cm³/mol. The fourth-order valence-electron chi connectivity index (χ4n) is 3.49. The van der Waals surface area contributed by atoms with E-state index in [0.717, 1.165) is 12.8 Å². The summed E-state index contributed by atoms with van der Waals surface area (Å²) in [4.78, 5) is 0. The Morgan fingerprint density at radius 2 is 2.00 bits per heavy atom. The van der Waals surface area contributed by atoms with E-state index in [1.807, 2.05) is 13.8 Å². The van der Waals surface area contributed by atoms with Crippen LogP contribution < -0.4 is 5.32 Å². The highest BCUT2D eigenvalue weighted by Gasteiger charge is 2.65. The zero-order valence-electron chi connectivity index (χ0n) is 12.4. The maximum Gasteiger partial charge on any atom is 0.350 e. The van der Waals surface area contributed by atoms with Crippen LogP contribution in [-0.2, 0) is 13.6 Å². The van der Waals surface area contributed by atoms with Crippen molar-refractivity contribution in [2.45, 2.75) is 51.9 Å². The Labute approximate surface area is 116 Å². The normalized spacial score (nSPS) is 33.5. The van der Waals surface area contributed by atoms with Gasteiger partial charge in [0.15, 0.2) is 0 Å². The zero-order chi connectivity index (χ0) is 14.1. The lowest BCUT2D eigenvalue weighted by Crippen LogP contribution is -2.63. The molecule has 2 aliphatic rings. The van der Waals surface area contributed by atoms with Gasteiger partial charge in [-0.3, -0.25) is 9.88 Å². The fourth-order valence-corrected chi connectivity index (χ4v) is 6.25. The molecule has 0 radical (unpaired) electrons. The van der Waals surface area contributed by atoms with E-state index >= 15 is 0 Å². The van der Waals surface area contributed by atoms with Crippen LogP contribution in [0.25, 0.3) is 0 Å². The summed E-state index contributed by atoms with van der Waals surface area (Å²) in [5.74, 6) is 0.874. The standard InChI is InChI=1S/C14H26NO3P/c1-5-17-19(16,18-6-2)14(15-11(3)4)10-12-8-7-9-13(12)14/h7-8,11-13,15H,5-6,9-10H2,1-4H3/t12-,13-,14-/m1/s1. The molecular weight excluding hydrogens is 261 g/mol. The lowest BCUT2D eigenvalue weighted by molar-refractivity contribution is 0.0614. The van der Waals surface area contributed by atoms with Crippen molar-refractivity contribution in [3.8, 4) is 0 Å². The molecule has 1 saturated carbocycles. The largest absolute Gasteiger partial charge is 0.350 e. The number of allylic oxidation sites excluding steroid dienone is 2. The summed E-state index contributed by atoms with van der Waals surface area (Å²) in [5, 5.41) is 3.02. The SMILES string of the molecule is CCOP(=O)(OCC)[C@]1(NC(C)C)C[C@H]2C=CC[C@H]21.